The minimum atomic E-state index is -4.19. The van der Waals surface area contributed by atoms with E-state index in [0.29, 0.717) is 28.5 Å². The van der Waals surface area contributed by atoms with Crippen LogP contribution in [0.15, 0.2) is 114 Å². The summed E-state index contributed by atoms with van der Waals surface area (Å²) in [4.78, 5) is 29.6. The standard InChI is InChI=1S/C37H40ClN3O5S/c1-2-35(37(43)39-29-15-6-3-7-16-29)40(26-28-14-12-13-21-34(28)38)36(42)27-41(47(44,45)33-19-10-5-11-20-33)30-22-24-32(25-23-30)46-31-17-8-4-9-18-31/h4-5,8-14,17-25,29,35H,2-3,6-7,15-16,26-27H2,1H3,(H,39,43)/t35-/m0/s1. The molecule has 0 saturated heterocycles. The number of halogens is 1. The number of nitrogens with zero attached hydrogens (tertiary/aromatic N) is 2. The number of sulfonamides is 1. The molecule has 4 aromatic carbocycles. The van der Waals surface area contributed by atoms with Crippen LogP contribution in [0.4, 0.5) is 5.69 Å². The van der Waals surface area contributed by atoms with Gasteiger partial charge in [0.25, 0.3) is 10.0 Å². The minimum Gasteiger partial charge on any atom is -0.457 e. The molecule has 0 heterocycles. The lowest BCUT2D eigenvalue weighted by Gasteiger charge is -2.34. The van der Waals surface area contributed by atoms with Gasteiger partial charge in [0.1, 0.15) is 24.1 Å². The monoisotopic (exact) mass is 673 g/mol. The van der Waals surface area contributed by atoms with Gasteiger partial charge >= 0.3 is 0 Å². The number of benzene rings is 4. The molecule has 0 aliphatic heterocycles. The van der Waals surface area contributed by atoms with Gasteiger partial charge in [-0.2, -0.15) is 0 Å². The van der Waals surface area contributed by atoms with Gasteiger partial charge in [-0.05, 0) is 79.4 Å². The third-order valence-corrected chi connectivity index (χ3v) is 10.5. The Morgan fingerprint density at radius 1 is 0.830 bits per heavy atom. The Morgan fingerprint density at radius 3 is 2.06 bits per heavy atom. The quantitative estimate of drug-likeness (QED) is 0.158. The average molecular weight is 674 g/mol. The fraction of sp³-hybridized carbons (Fsp3) is 0.297. The molecule has 8 nitrogen and oxygen atoms in total. The van der Waals surface area contributed by atoms with Crippen molar-refractivity contribution in [2.24, 2.45) is 0 Å². The minimum absolute atomic E-state index is 0.0390. The van der Waals surface area contributed by atoms with Crippen molar-refractivity contribution < 1.29 is 22.7 Å². The van der Waals surface area contributed by atoms with Crippen LogP contribution < -0.4 is 14.4 Å². The number of anilines is 1. The molecule has 0 aromatic heterocycles. The summed E-state index contributed by atoms with van der Waals surface area (Å²) in [5.74, 6) is 0.366. The highest BCUT2D eigenvalue weighted by molar-refractivity contribution is 7.92. The summed E-state index contributed by atoms with van der Waals surface area (Å²) in [6, 6.07) is 30.1. The number of carbonyl (C=O) groups excluding carboxylic acids is 2. The van der Waals surface area contributed by atoms with Crippen LogP contribution in [0.25, 0.3) is 0 Å². The molecule has 246 valence electrons. The van der Waals surface area contributed by atoms with Crippen LogP contribution in [-0.4, -0.2) is 43.8 Å². The first-order valence-electron chi connectivity index (χ1n) is 16.0. The molecule has 0 unspecified atom stereocenters. The highest BCUT2D eigenvalue weighted by Gasteiger charge is 2.34. The van der Waals surface area contributed by atoms with E-state index in [4.69, 9.17) is 16.3 Å². The molecule has 0 bridgehead atoms. The largest absolute Gasteiger partial charge is 0.457 e. The average Bonchev–Trinajstić information content (AvgIpc) is 3.09. The number of nitrogens with one attached hydrogen (secondary N) is 1. The molecule has 47 heavy (non-hydrogen) atoms. The second kappa shape index (κ2) is 16.0. The van der Waals surface area contributed by atoms with Crippen LogP contribution in [0, 0.1) is 0 Å². The highest BCUT2D eigenvalue weighted by atomic mass is 35.5. The molecule has 0 spiro atoms. The molecule has 5 rings (SSSR count). The van der Waals surface area contributed by atoms with Crippen LogP contribution in [0.3, 0.4) is 0 Å². The third kappa shape index (κ3) is 8.73. The Hall–Kier alpha value is -4.34. The first-order valence-corrected chi connectivity index (χ1v) is 17.8. The molecular formula is C37H40ClN3O5S. The highest BCUT2D eigenvalue weighted by Crippen LogP contribution is 2.29. The Labute approximate surface area is 282 Å². The van der Waals surface area contributed by atoms with Crippen molar-refractivity contribution in [1.82, 2.24) is 10.2 Å². The van der Waals surface area contributed by atoms with E-state index >= 15 is 0 Å². The molecule has 1 N–H and O–H groups in total. The predicted octanol–water partition coefficient (Wildman–Crippen LogP) is 7.58. The summed E-state index contributed by atoms with van der Waals surface area (Å²) in [6.07, 6.45) is 5.37. The second-order valence-electron chi connectivity index (χ2n) is 11.6. The van der Waals surface area contributed by atoms with Gasteiger partial charge in [0.05, 0.1) is 10.6 Å². The Kier molecular flexibility index (Phi) is 11.6. The van der Waals surface area contributed by atoms with Crippen molar-refractivity contribution in [3.8, 4) is 11.5 Å². The summed E-state index contributed by atoms with van der Waals surface area (Å²) in [5, 5.41) is 3.62. The first-order chi connectivity index (χ1) is 22.8. The van der Waals surface area contributed by atoms with Gasteiger partial charge in [0, 0.05) is 17.6 Å². The van der Waals surface area contributed by atoms with Gasteiger partial charge in [-0.3, -0.25) is 13.9 Å². The van der Waals surface area contributed by atoms with Crippen LogP contribution >= 0.6 is 11.6 Å². The Morgan fingerprint density at radius 2 is 1.43 bits per heavy atom. The zero-order valence-electron chi connectivity index (χ0n) is 26.4. The van der Waals surface area contributed by atoms with E-state index in [1.165, 1.54) is 17.0 Å². The van der Waals surface area contributed by atoms with E-state index in [1.807, 2.05) is 43.3 Å². The molecule has 2 amide bonds. The number of hydrogen-bond acceptors (Lipinski definition) is 5. The van der Waals surface area contributed by atoms with Crippen LogP contribution in [0.2, 0.25) is 5.02 Å². The van der Waals surface area contributed by atoms with Crippen LogP contribution in [0.1, 0.15) is 51.0 Å². The number of carbonyl (C=O) groups is 2. The smallest absolute Gasteiger partial charge is 0.264 e. The van der Waals surface area contributed by atoms with E-state index in [-0.39, 0.29) is 29.1 Å². The van der Waals surface area contributed by atoms with Crippen molar-refractivity contribution in [2.75, 3.05) is 10.8 Å². The van der Waals surface area contributed by atoms with E-state index < -0.39 is 28.5 Å². The lowest BCUT2D eigenvalue weighted by Crippen LogP contribution is -2.54. The maximum atomic E-state index is 14.4. The lowest BCUT2D eigenvalue weighted by atomic mass is 9.95. The Bertz CT molecular complexity index is 1730. The summed E-state index contributed by atoms with van der Waals surface area (Å²) >= 11 is 6.53. The van der Waals surface area contributed by atoms with Gasteiger partial charge in [-0.15, -0.1) is 0 Å². The van der Waals surface area contributed by atoms with E-state index in [1.54, 1.807) is 60.7 Å². The molecule has 0 radical (unpaired) electrons. The maximum Gasteiger partial charge on any atom is 0.264 e. The SMILES string of the molecule is CC[C@@H](C(=O)NC1CCCCC1)N(Cc1ccccc1Cl)C(=O)CN(c1ccc(Oc2ccccc2)cc1)S(=O)(=O)c1ccccc1. The summed E-state index contributed by atoms with van der Waals surface area (Å²) in [5.41, 5.74) is 0.936. The van der Waals surface area contributed by atoms with Crippen molar-refractivity contribution in [2.45, 2.75) is 69.0 Å². The van der Waals surface area contributed by atoms with Crippen molar-refractivity contribution in [3.63, 3.8) is 0 Å². The third-order valence-electron chi connectivity index (χ3n) is 8.35. The topological polar surface area (TPSA) is 96.0 Å². The molecule has 1 aliphatic rings. The fourth-order valence-corrected chi connectivity index (χ4v) is 7.46. The predicted molar refractivity (Wildman–Crippen MR) is 185 cm³/mol. The van der Waals surface area contributed by atoms with Gasteiger partial charge in [-0.25, -0.2) is 8.42 Å². The lowest BCUT2D eigenvalue weighted by molar-refractivity contribution is -0.140. The van der Waals surface area contributed by atoms with Crippen molar-refractivity contribution >= 4 is 39.1 Å². The number of rotatable bonds is 13. The maximum absolute atomic E-state index is 14.4. The summed E-state index contributed by atoms with van der Waals surface area (Å²) < 4.78 is 35.3. The molecule has 1 fully saturated rings. The molecule has 1 atom stereocenters. The summed E-state index contributed by atoms with van der Waals surface area (Å²) in [7, 11) is -4.19. The zero-order valence-corrected chi connectivity index (χ0v) is 28.0. The fourth-order valence-electron chi connectivity index (χ4n) is 5.83. The second-order valence-corrected chi connectivity index (χ2v) is 13.9. The van der Waals surface area contributed by atoms with E-state index in [9.17, 15) is 18.0 Å². The summed E-state index contributed by atoms with van der Waals surface area (Å²) in [6.45, 7) is 1.36. The van der Waals surface area contributed by atoms with E-state index in [2.05, 4.69) is 5.32 Å². The van der Waals surface area contributed by atoms with Crippen LogP contribution in [-0.2, 0) is 26.2 Å². The molecular weight excluding hydrogens is 634 g/mol. The zero-order chi connectivity index (χ0) is 33.2. The Balaban J connectivity index is 1.48. The number of hydrogen-bond donors (Lipinski definition) is 1. The van der Waals surface area contributed by atoms with Gasteiger partial charge in [0.15, 0.2) is 0 Å². The molecule has 4 aromatic rings. The van der Waals surface area contributed by atoms with E-state index in [0.717, 1.165) is 36.4 Å². The number of para-hydroxylation sites is 1. The van der Waals surface area contributed by atoms with Crippen molar-refractivity contribution in [3.05, 3.63) is 120 Å². The normalized spacial score (nSPS) is 14.2. The molecule has 1 saturated carbocycles. The first kappa shape index (κ1) is 34.0. The molecule has 10 heteroatoms. The number of amides is 2. The molecule has 1 aliphatic carbocycles. The number of ether oxygens (including phenoxy) is 1. The van der Waals surface area contributed by atoms with Gasteiger partial charge in [0.2, 0.25) is 11.8 Å². The van der Waals surface area contributed by atoms with Gasteiger partial charge < -0.3 is 15.0 Å². The van der Waals surface area contributed by atoms with Gasteiger partial charge in [-0.1, -0.05) is 92.4 Å². The van der Waals surface area contributed by atoms with Crippen molar-refractivity contribution in [1.29, 1.82) is 0 Å². The van der Waals surface area contributed by atoms with Crippen LogP contribution in [0.5, 0.6) is 11.5 Å².